The molecule has 0 unspecified atom stereocenters. The number of hydrogen-bond donors (Lipinski definition) is 1. The molecule has 0 aliphatic carbocycles. The van der Waals surface area contributed by atoms with Crippen LogP contribution in [-0.4, -0.2) is 40.4 Å². The number of aryl methyl sites for hydroxylation is 2. The van der Waals surface area contributed by atoms with Crippen LogP contribution in [-0.2, 0) is 17.8 Å². The Kier molecular flexibility index (Phi) is 6.17. The van der Waals surface area contributed by atoms with Gasteiger partial charge in [0, 0.05) is 31.6 Å². The maximum atomic E-state index is 12.0. The van der Waals surface area contributed by atoms with Crippen molar-refractivity contribution in [2.45, 2.75) is 39.2 Å². The molecule has 0 aromatic carbocycles. The lowest BCUT2D eigenvalue weighted by Gasteiger charge is -2.31. The highest BCUT2D eigenvalue weighted by atomic mass is 16.3. The molecular weight excluding hydrogens is 316 g/mol. The van der Waals surface area contributed by atoms with E-state index < -0.39 is 0 Å². The van der Waals surface area contributed by atoms with Crippen LogP contribution in [0.2, 0.25) is 0 Å². The molecule has 0 radical (unpaired) electrons. The van der Waals surface area contributed by atoms with E-state index in [9.17, 15) is 4.79 Å². The normalized spacial score (nSPS) is 16.0. The maximum absolute atomic E-state index is 12.0. The molecule has 0 bridgehead atoms. The van der Waals surface area contributed by atoms with Crippen molar-refractivity contribution in [3.05, 3.63) is 47.9 Å². The molecule has 6 heteroatoms. The first-order chi connectivity index (χ1) is 12.2. The van der Waals surface area contributed by atoms with Gasteiger partial charge in [0.2, 0.25) is 5.91 Å². The third kappa shape index (κ3) is 5.67. The number of rotatable bonds is 7. The highest BCUT2D eigenvalue weighted by Crippen LogP contribution is 2.19. The molecule has 1 aliphatic rings. The second kappa shape index (κ2) is 8.76. The van der Waals surface area contributed by atoms with E-state index in [0.29, 0.717) is 18.8 Å². The average molecular weight is 342 g/mol. The summed E-state index contributed by atoms with van der Waals surface area (Å²) in [6.45, 7) is 5.74. The van der Waals surface area contributed by atoms with E-state index in [1.54, 1.807) is 18.6 Å². The zero-order valence-electron chi connectivity index (χ0n) is 14.8. The lowest BCUT2D eigenvalue weighted by atomic mass is 9.96. The highest BCUT2D eigenvalue weighted by Gasteiger charge is 2.20. The van der Waals surface area contributed by atoms with E-state index in [-0.39, 0.29) is 5.91 Å². The first kappa shape index (κ1) is 17.6. The van der Waals surface area contributed by atoms with Crippen LogP contribution >= 0.6 is 0 Å². The van der Waals surface area contributed by atoms with Gasteiger partial charge in [0.05, 0.1) is 12.2 Å². The van der Waals surface area contributed by atoms with Crippen LogP contribution < -0.4 is 5.32 Å². The number of hydrogen-bond acceptors (Lipinski definition) is 5. The minimum Gasteiger partial charge on any atom is -0.465 e. The number of carbonyl (C=O) groups is 1. The van der Waals surface area contributed by atoms with Crippen LogP contribution in [0.15, 0.2) is 35.1 Å². The molecule has 0 saturated carbocycles. The fourth-order valence-corrected chi connectivity index (χ4v) is 3.19. The van der Waals surface area contributed by atoms with Gasteiger partial charge in [-0.15, -0.1) is 0 Å². The van der Waals surface area contributed by atoms with Crippen molar-refractivity contribution in [3.8, 4) is 0 Å². The standard InChI is InChI=1S/C19H26N4O2/c1-15-2-4-18(25-15)14-23-10-6-16(7-11-23)12-22-19(24)5-3-17-13-20-8-9-21-17/h2,4,8-9,13,16H,3,5-7,10-12,14H2,1H3,(H,22,24). The van der Waals surface area contributed by atoms with Gasteiger partial charge in [-0.2, -0.15) is 0 Å². The Labute approximate surface area is 148 Å². The van der Waals surface area contributed by atoms with Crippen molar-refractivity contribution in [2.75, 3.05) is 19.6 Å². The molecule has 0 spiro atoms. The molecule has 0 atom stereocenters. The van der Waals surface area contributed by atoms with Gasteiger partial charge >= 0.3 is 0 Å². The Hall–Kier alpha value is -2.21. The van der Waals surface area contributed by atoms with E-state index >= 15 is 0 Å². The molecule has 25 heavy (non-hydrogen) atoms. The molecule has 1 fully saturated rings. The molecule has 1 aliphatic heterocycles. The van der Waals surface area contributed by atoms with Gasteiger partial charge in [0.1, 0.15) is 11.5 Å². The zero-order chi connectivity index (χ0) is 17.5. The first-order valence-corrected chi connectivity index (χ1v) is 8.98. The number of likely N-dealkylation sites (tertiary alicyclic amines) is 1. The average Bonchev–Trinajstić information content (AvgIpc) is 3.05. The molecular formula is C19H26N4O2. The summed E-state index contributed by atoms with van der Waals surface area (Å²) in [4.78, 5) is 22.6. The third-order valence-electron chi connectivity index (χ3n) is 4.70. The summed E-state index contributed by atoms with van der Waals surface area (Å²) < 4.78 is 5.65. The minimum atomic E-state index is 0.0964. The van der Waals surface area contributed by atoms with Gasteiger partial charge in [-0.25, -0.2) is 0 Å². The van der Waals surface area contributed by atoms with Crippen LogP contribution in [0.25, 0.3) is 0 Å². The number of furan rings is 1. The summed E-state index contributed by atoms with van der Waals surface area (Å²) in [6.07, 6.45) is 8.35. The molecule has 3 heterocycles. The Morgan fingerprint density at radius 1 is 1.32 bits per heavy atom. The van der Waals surface area contributed by atoms with Gasteiger partial charge in [-0.1, -0.05) is 0 Å². The Morgan fingerprint density at radius 3 is 2.84 bits per heavy atom. The molecule has 1 N–H and O–H groups in total. The lowest BCUT2D eigenvalue weighted by molar-refractivity contribution is -0.121. The summed E-state index contributed by atoms with van der Waals surface area (Å²) in [5, 5.41) is 3.07. The van der Waals surface area contributed by atoms with Gasteiger partial charge in [-0.3, -0.25) is 19.7 Å². The third-order valence-corrected chi connectivity index (χ3v) is 4.70. The van der Waals surface area contributed by atoms with E-state index in [2.05, 4.69) is 26.3 Å². The second-order valence-electron chi connectivity index (χ2n) is 6.73. The van der Waals surface area contributed by atoms with Crippen LogP contribution in [0.1, 0.15) is 36.5 Å². The van der Waals surface area contributed by atoms with Crippen molar-refractivity contribution in [1.29, 1.82) is 0 Å². The maximum Gasteiger partial charge on any atom is 0.220 e. The molecule has 1 amide bonds. The van der Waals surface area contributed by atoms with Crippen molar-refractivity contribution in [2.24, 2.45) is 5.92 Å². The monoisotopic (exact) mass is 342 g/mol. The quantitative estimate of drug-likeness (QED) is 0.836. The molecule has 2 aromatic heterocycles. The number of nitrogens with one attached hydrogen (secondary N) is 1. The van der Waals surface area contributed by atoms with Gasteiger partial charge < -0.3 is 9.73 Å². The molecule has 3 rings (SSSR count). The van der Waals surface area contributed by atoms with E-state index in [1.165, 1.54) is 0 Å². The SMILES string of the molecule is Cc1ccc(CN2CCC(CNC(=O)CCc3cnccn3)CC2)o1. The summed E-state index contributed by atoms with van der Waals surface area (Å²) in [5.41, 5.74) is 0.860. The van der Waals surface area contributed by atoms with Crippen molar-refractivity contribution in [1.82, 2.24) is 20.2 Å². The number of carbonyl (C=O) groups excluding carboxylic acids is 1. The zero-order valence-corrected chi connectivity index (χ0v) is 14.8. The minimum absolute atomic E-state index is 0.0964. The summed E-state index contributed by atoms with van der Waals surface area (Å²) in [7, 11) is 0. The van der Waals surface area contributed by atoms with Crippen molar-refractivity contribution < 1.29 is 9.21 Å². The van der Waals surface area contributed by atoms with Gasteiger partial charge in [-0.05, 0) is 57.3 Å². The predicted molar refractivity (Wildman–Crippen MR) is 94.8 cm³/mol. The van der Waals surface area contributed by atoms with Gasteiger partial charge in [0.25, 0.3) is 0 Å². The first-order valence-electron chi connectivity index (χ1n) is 8.98. The predicted octanol–water partition coefficient (Wildman–Crippen LogP) is 2.34. The van der Waals surface area contributed by atoms with E-state index in [4.69, 9.17) is 4.42 Å². The molecule has 134 valence electrons. The summed E-state index contributed by atoms with van der Waals surface area (Å²) >= 11 is 0. The van der Waals surface area contributed by atoms with Crippen LogP contribution in [0.3, 0.4) is 0 Å². The molecule has 2 aromatic rings. The molecule has 1 saturated heterocycles. The topological polar surface area (TPSA) is 71.3 Å². The summed E-state index contributed by atoms with van der Waals surface area (Å²) in [5.74, 6) is 2.66. The number of nitrogens with zero attached hydrogens (tertiary/aromatic N) is 3. The second-order valence-corrected chi connectivity index (χ2v) is 6.73. The molecule has 6 nitrogen and oxygen atoms in total. The van der Waals surface area contributed by atoms with Crippen molar-refractivity contribution >= 4 is 5.91 Å². The van der Waals surface area contributed by atoms with Crippen LogP contribution in [0.4, 0.5) is 0 Å². The van der Waals surface area contributed by atoms with Crippen LogP contribution in [0.5, 0.6) is 0 Å². The summed E-state index contributed by atoms with van der Waals surface area (Å²) in [6, 6.07) is 4.07. The largest absolute Gasteiger partial charge is 0.465 e. The smallest absolute Gasteiger partial charge is 0.220 e. The Bertz CT molecular complexity index is 663. The fraction of sp³-hybridized carbons (Fsp3) is 0.526. The number of piperidine rings is 1. The van der Waals surface area contributed by atoms with Crippen LogP contribution in [0, 0.1) is 12.8 Å². The van der Waals surface area contributed by atoms with Crippen molar-refractivity contribution in [3.63, 3.8) is 0 Å². The Morgan fingerprint density at radius 2 is 2.16 bits per heavy atom. The lowest BCUT2D eigenvalue weighted by Crippen LogP contribution is -2.38. The van der Waals surface area contributed by atoms with E-state index in [0.717, 1.165) is 56.2 Å². The number of aromatic nitrogens is 2. The van der Waals surface area contributed by atoms with Gasteiger partial charge in [0.15, 0.2) is 0 Å². The van der Waals surface area contributed by atoms with E-state index in [1.807, 2.05) is 13.0 Å². The number of amides is 1. The highest BCUT2D eigenvalue weighted by molar-refractivity contribution is 5.76. The fourth-order valence-electron chi connectivity index (χ4n) is 3.19. The Balaban J connectivity index is 1.31.